The second-order valence-electron chi connectivity index (χ2n) is 6.30. The summed E-state index contributed by atoms with van der Waals surface area (Å²) in [6.45, 7) is 0.242. The van der Waals surface area contributed by atoms with Crippen molar-refractivity contribution in [3.05, 3.63) is 97.5 Å². The van der Waals surface area contributed by atoms with Crippen LogP contribution >= 0.6 is 46.4 Å². The van der Waals surface area contributed by atoms with Gasteiger partial charge in [0.2, 0.25) is 0 Å². The first-order valence-electron chi connectivity index (χ1n) is 8.92. The highest BCUT2D eigenvalue weighted by Gasteiger charge is 2.16. The van der Waals surface area contributed by atoms with Gasteiger partial charge in [-0.15, -0.1) is 0 Å². The minimum atomic E-state index is -0.692. The van der Waals surface area contributed by atoms with E-state index >= 15 is 0 Å². The lowest BCUT2D eigenvalue weighted by Gasteiger charge is -2.13. The molecule has 0 fully saturated rings. The zero-order valence-electron chi connectivity index (χ0n) is 15.8. The number of para-hydroxylation sites is 1. The predicted octanol–water partition coefficient (Wildman–Crippen LogP) is 7.42. The van der Waals surface area contributed by atoms with Gasteiger partial charge in [0.15, 0.2) is 0 Å². The number of anilines is 1. The van der Waals surface area contributed by atoms with E-state index < -0.39 is 5.91 Å². The lowest BCUT2D eigenvalue weighted by atomic mass is 10.1. The molecule has 0 spiro atoms. The number of carbonyl (C=O) groups excluding carboxylic acids is 1. The first kappa shape index (κ1) is 23.0. The molecule has 0 unspecified atom stereocenters. The highest BCUT2D eigenvalue weighted by molar-refractivity contribution is 6.40. The quantitative estimate of drug-likeness (QED) is 0.288. The predicted molar refractivity (Wildman–Crippen MR) is 126 cm³/mol. The van der Waals surface area contributed by atoms with E-state index in [0.29, 0.717) is 16.3 Å². The summed E-state index contributed by atoms with van der Waals surface area (Å²) in [5.41, 5.74) is 1.31. The zero-order chi connectivity index (χ0) is 22.4. The number of benzene rings is 3. The maximum Gasteiger partial charge on any atom is 0.266 e. The molecule has 0 bridgehead atoms. The van der Waals surface area contributed by atoms with Crippen molar-refractivity contribution in [2.75, 3.05) is 5.32 Å². The van der Waals surface area contributed by atoms with Gasteiger partial charge < -0.3 is 10.1 Å². The van der Waals surface area contributed by atoms with Crippen LogP contribution in [0.2, 0.25) is 20.1 Å². The number of carbonyl (C=O) groups is 1. The van der Waals surface area contributed by atoms with Gasteiger partial charge in [0, 0.05) is 10.6 Å². The molecule has 0 atom stereocenters. The van der Waals surface area contributed by atoms with E-state index in [4.69, 9.17) is 51.1 Å². The number of amides is 1. The maximum absolute atomic E-state index is 12.7. The Morgan fingerprint density at radius 2 is 1.65 bits per heavy atom. The number of hydrogen-bond donors (Lipinski definition) is 1. The van der Waals surface area contributed by atoms with Crippen molar-refractivity contribution >= 4 is 64.1 Å². The van der Waals surface area contributed by atoms with Crippen LogP contribution in [0.4, 0.5) is 5.69 Å². The number of halogens is 4. The SMILES string of the molecule is N#C/C(=C\c1cc(Cl)cc(Cl)c1OCc1ccccc1)C(=O)Nc1c(Cl)cccc1Cl. The van der Waals surface area contributed by atoms with E-state index in [-0.39, 0.29) is 32.9 Å². The fourth-order valence-corrected chi connectivity index (χ4v) is 3.73. The first-order valence-corrected chi connectivity index (χ1v) is 10.4. The van der Waals surface area contributed by atoms with E-state index in [1.54, 1.807) is 24.3 Å². The fraction of sp³-hybridized carbons (Fsp3) is 0.0435. The van der Waals surface area contributed by atoms with Crippen molar-refractivity contribution in [1.82, 2.24) is 0 Å². The van der Waals surface area contributed by atoms with Crippen molar-refractivity contribution in [3.8, 4) is 11.8 Å². The smallest absolute Gasteiger partial charge is 0.266 e. The van der Waals surface area contributed by atoms with Crippen molar-refractivity contribution in [3.63, 3.8) is 0 Å². The molecule has 8 heteroatoms. The molecule has 3 rings (SSSR count). The summed E-state index contributed by atoms with van der Waals surface area (Å²) in [7, 11) is 0. The number of nitrogens with one attached hydrogen (secondary N) is 1. The summed E-state index contributed by atoms with van der Waals surface area (Å²) in [6.07, 6.45) is 1.35. The molecule has 3 aromatic rings. The lowest BCUT2D eigenvalue weighted by molar-refractivity contribution is -0.112. The Bertz CT molecular complexity index is 1170. The summed E-state index contributed by atoms with van der Waals surface area (Å²) >= 11 is 24.6. The van der Waals surface area contributed by atoms with Crippen LogP contribution in [0.5, 0.6) is 5.75 Å². The Hall–Kier alpha value is -2.68. The maximum atomic E-state index is 12.7. The summed E-state index contributed by atoms with van der Waals surface area (Å²) < 4.78 is 5.87. The monoisotopic (exact) mass is 490 g/mol. The Morgan fingerprint density at radius 3 is 2.29 bits per heavy atom. The standard InChI is InChI=1S/C23H14Cl4N2O2/c24-17-10-15(22(20(27)11-17)31-13-14-5-2-1-3-6-14)9-16(12-28)23(30)29-21-18(25)7-4-8-19(21)26/h1-11H,13H2,(H,29,30)/b16-9+. The van der Waals surface area contributed by atoms with Gasteiger partial charge in [-0.3, -0.25) is 4.79 Å². The third kappa shape index (κ3) is 5.94. The van der Waals surface area contributed by atoms with Gasteiger partial charge in [-0.05, 0) is 35.9 Å². The molecule has 0 saturated carbocycles. The largest absolute Gasteiger partial charge is 0.487 e. The summed E-state index contributed by atoms with van der Waals surface area (Å²) in [5.74, 6) is -0.395. The van der Waals surface area contributed by atoms with Crippen LogP contribution in [0, 0.1) is 11.3 Å². The molecule has 1 amide bonds. The summed E-state index contributed by atoms with van der Waals surface area (Å²) in [4.78, 5) is 12.7. The second kappa shape index (κ2) is 10.6. The van der Waals surface area contributed by atoms with E-state index in [1.165, 1.54) is 12.1 Å². The highest BCUT2D eigenvalue weighted by Crippen LogP contribution is 2.35. The van der Waals surface area contributed by atoms with Gasteiger partial charge in [0.1, 0.15) is 24.0 Å². The summed E-state index contributed by atoms with van der Waals surface area (Å²) in [5, 5.41) is 13.2. The Balaban J connectivity index is 1.92. The molecule has 0 radical (unpaired) electrons. The van der Waals surface area contributed by atoms with Gasteiger partial charge in [-0.25, -0.2) is 0 Å². The molecule has 0 heterocycles. The van der Waals surface area contributed by atoms with Crippen LogP contribution in [0.3, 0.4) is 0 Å². The van der Waals surface area contributed by atoms with Crippen molar-refractivity contribution < 1.29 is 9.53 Å². The first-order chi connectivity index (χ1) is 14.9. The molecule has 3 aromatic carbocycles. The molecule has 0 aliphatic rings. The minimum Gasteiger partial charge on any atom is -0.487 e. The van der Waals surface area contributed by atoms with Crippen LogP contribution < -0.4 is 10.1 Å². The van der Waals surface area contributed by atoms with E-state index in [9.17, 15) is 10.1 Å². The summed E-state index contributed by atoms with van der Waals surface area (Å²) in [6, 6.07) is 19.2. The number of ether oxygens (including phenoxy) is 1. The molecule has 0 saturated heterocycles. The van der Waals surface area contributed by atoms with Crippen LogP contribution in [0.15, 0.2) is 66.2 Å². The zero-order valence-corrected chi connectivity index (χ0v) is 18.9. The van der Waals surface area contributed by atoms with E-state index in [2.05, 4.69) is 5.32 Å². The molecule has 156 valence electrons. The molecule has 4 nitrogen and oxygen atoms in total. The average Bonchev–Trinajstić information content (AvgIpc) is 2.74. The van der Waals surface area contributed by atoms with Crippen molar-refractivity contribution in [2.45, 2.75) is 6.61 Å². The molecule has 1 N–H and O–H groups in total. The average molecular weight is 492 g/mol. The third-order valence-corrected chi connectivity index (χ3v) is 5.26. The van der Waals surface area contributed by atoms with Crippen LogP contribution in [0.1, 0.15) is 11.1 Å². The molecule has 0 aliphatic heterocycles. The number of nitriles is 1. The Kier molecular flexibility index (Phi) is 7.84. The van der Waals surface area contributed by atoms with Gasteiger partial charge in [0.05, 0.1) is 20.8 Å². The number of hydrogen-bond acceptors (Lipinski definition) is 3. The Morgan fingerprint density at radius 1 is 0.968 bits per heavy atom. The van der Waals surface area contributed by atoms with Gasteiger partial charge in [-0.2, -0.15) is 5.26 Å². The molecular weight excluding hydrogens is 478 g/mol. The Labute approximate surface area is 199 Å². The molecule has 31 heavy (non-hydrogen) atoms. The number of nitrogens with zero attached hydrogens (tertiary/aromatic N) is 1. The van der Waals surface area contributed by atoms with Gasteiger partial charge in [-0.1, -0.05) is 82.8 Å². The van der Waals surface area contributed by atoms with Crippen LogP contribution in [-0.4, -0.2) is 5.91 Å². The van der Waals surface area contributed by atoms with Crippen molar-refractivity contribution in [2.24, 2.45) is 0 Å². The topological polar surface area (TPSA) is 62.1 Å². The fourth-order valence-electron chi connectivity index (χ4n) is 2.67. The normalized spacial score (nSPS) is 11.0. The lowest BCUT2D eigenvalue weighted by Crippen LogP contribution is -2.14. The molecule has 0 aromatic heterocycles. The van der Waals surface area contributed by atoms with Crippen molar-refractivity contribution in [1.29, 1.82) is 5.26 Å². The van der Waals surface area contributed by atoms with E-state index in [0.717, 1.165) is 5.56 Å². The van der Waals surface area contributed by atoms with Gasteiger partial charge in [0.25, 0.3) is 5.91 Å². The molecular formula is C23H14Cl4N2O2. The highest BCUT2D eigenvalue weighted by atomic mass is 35.5. The number of rotatable bonds is 6. The molecule has 0 aliphatic carbocycles. The van der Waals surface area contributed by atoms with Gasteiger partial charge >= 0.3 is 0 Å². The van der Waals surface area contributed by atoms with Crippen LogP contribution in [-0.2, 0) is 11.4 Å². The second-order valence-corrected chi connectivity index (χ2v) is 7.96. The van der Waals surface area contributed by atoms with Crippen LogP contribution in [0.25, 0.3) is 6.08 Å². The third-order valence-electron chi connectivity index (χ3n) is 4.13. The van der Waals surface area contributed by atoms with E-state index in [1.807, 2.05) is 36.4 Å². The minimum absolute atomic E-state index is 0.209.